The van der Waals surface area contributed by atoms with Crippen LogP contribution in [-0.2, 0) is 4.79 Å². The lowest BCUT2D eigenvalue weighted by molar-refractivity contribution is -0.123. The van der Waals surface area contributed by atoms with E-state index in [2.05, 4.69) is 42.4 Å². The van der Waals surface area contributed by atoms with Gasteiger partial charge in [0.25, 0.3) is 5.91 Å². The molecule has 4 nitrogen and oxygen atoms in total. The van der Waals surface area contributed by atoms with Gasteiger partial charge in [0.2, 0.25) is 0 Å². The topological polar surface area (TPSA) is 50.7 Å². The van der Waals surface area contributed by atoms with Crippen molar-refractivity contribution in [3.63, 3.8) is 0 Å². The first-order valence-corrected chi connectivity index (χ1v) is 8.84. The highest BCUT2D eigenvalue weighted by Crippen LogP contribution is 2.25. The van der Waals surface area contributed by atoms with E-state index >= 15 is 0 Å². The van der Waals surface area contributed by atoms with Gasteiger partial charge in [-0.15, -0.1) is 11.3 Å². The SMILES string of the molecule is C/C(=N\NC(=O)COc1ccc(C)cc1Br)c1ccc(Br)s1. The highest BCUT2D eigenvalue weighted by molar-refractivity contribution is 9.11. The minimum Gasteiger partial charge on any atom is -0.483 e. The third-order valence-corrected chi connectivity index (χ3v) is 5.08. The molecule has 0 aliphatic carbocycles. The van der Waals surface area contributed by atoms with Crippen molar-refractivity contribution in [2.45, 2.75) is 13.8 Å². The highest BCUT2D eigenvalue weighted by atomic mass is 79.9. The molecule has 2 rings (SSSR count). The van der Waals surface area contributed by atoms with Crippen molar-refractivity contribution >= 4 is 54.8 Å². The second-order valence-corrected chi connectivity index (χ2v) is 7.88. The van der Waals surface area contributed by atoms with Crippen molar-refractivity contribution in [3.8, 4) is 5.75 Å². The monoisotopic (exact) mass is 444 g/mol. The summed E-state index contributed by atoms with van der Waals surface area (Å²) in [4.78, 5) is 12.8. The number of thiophene rings is 1. The van der Waals surface area contributed by atoms with E-state index in [1.165, 1.54) is 0 Å². The Kier molecular flexibility index (Phi) is 6.16. The lowest BCUT2D eigenvalue weighted by atomic mass is 10.2. The molecule has 0 unspecified atom stereocenters. The Morgan fingerprint density at radius 3 is 2.73 bits per heavy atom. The maximum atomic E-state index is 11.8. The van der Waals surface area contributed by atoms with Crippen molar-refractivity contribution in [1.29, 1.82) is 0 Å². The van der Waals surface area contributed by atoms with Gasteiger partial charge in [0.15, 0.2) is 6.61 Å². The van der Waals surface area contributed by atoms with Crippen LogP contribution in [0.1, 0.15) is 17.4 Å². The molecule has 1 aromatic carbocycles. The zero-order valence-electron chi connectivity index (χ0n) is 12.0. The van der Waals surface area contributed by atoms with Crippen molar-refractivity contribution in [3.05, 3.63) is 49.0 Å². The summed E-state index contributed by atoms with van der Waals surface area (Å²) in [6, 6.07) is 9.57. The van der Waals surface area contributed by atoms with Crippen molar-refractivity contribution in [2.24, 2.45) is 5.10 Å². The average molecular weight is 446 g/mol. The molecular formula is C15H14Br2N2O2S. The van der Waals surface area contributed by atoms with Crippen LogP contribution in [-0.4, -0.2) is 18.2 Å². The molecule has 0 aliphatic heterocycles. The minimum absolute atomic E-state index is 0.0907. The van der Waals surface area contributed by atoms with E-state index in [-0.39, 0.29) is 12.5 Å². The first-order valence-electron chi connectivity index (χ1n) is 6.43. The van der Waals surface area contributed by atoms with E-state index < -0.39 is 0 Å². The van der Waals surface area contributed by atoms with E-state index in [0.29, 0.717) is 5.75 Å². The molecule has 0 atom stereocenters. The molecule has 22 heavy (non-hydrogen) atoms. The first-order chi connectivity index (χ1) is 10.5. The molecule has 0 spiro atoms. The van der Waals surface area contributed by atoms with Crippen LogP contribution in [0.2, 0.25) is 0 Å². The Hall–Kier alpha value is -1.18. The number of carbonyl (C=O) groups excluding carboxylic acids is 1. The number of amides is 1. The summed E-state index contributed by atoms with van der Waals surface area (Å²) < 4.78 is 7.31. The Morgan fingerprint density at radius 2 is 2.09 bits per heavy atom. The van der Waals surface area contributed by atoms with Crippen LogP contribution in [0.3, 0.4) is 0 Å². The fourth-order valence-corrected chi connectivity index (χ4v) is 3.55. The Morgan fingerprint density at radius 1 is 1.32 bits per heavy atom. The number of benzene rings is 1. The zero-order chi connectivity index (χ0) is 16.1. The maximum Gasteiger partial charge on any atom is 0.277 e. The van der Waals surface area contributed by atoms with Crippen molar-refractivity contribution in [1.82, 2.24) is 5.43 Å². The van der Waals surface area contributed by atoms with Crippen LogP contribution in [0.5, 0.6) is 5.75 Å². The number of hydrogen-bond donors (Lipinski definition) is 1. The van der Waals surface area contributed by atoms with Crippen LogP contribution >= 0.6 is 43.2 Å². The zero-order valence-corrected chi connectivity index (χ0v) is 16.0. The molecule has 1 amide bonds. The van der Waals surface area contributed by atoms with Crippen LogP contribution < -0.4 is 10.2 Å². The van der Waals surface area contributed by atoms with Gasteiger partial charge in [-0.1, -0.05) is 6.07 Å². The van der Waals surface area contributed by atoms with Crippen LogP contribution in [0, 0.1) is 6.92 Å². The van der Waals surface area contributed by atoms with Crippen molar-refractivity contribution < 1.29 is 9.53 Å². The molecule has 0 saturated carbocycles. The molecule has 116 valence electrons. The van der Waals surface area contributed by atoms with Gasteiger partial charge in [-0.05, 0) is 75.5 Å². The number of aryl methyl sites for hydroxylation is 1. The number of carbonyl (C=O) groups is 1. The van der Waals surface area contributed by atoms with Gasteiger partial charge in [0.1, 0.15) is 5.75 Å². The predicted molar refractivity (Wildman–Crippen MR) is 96.7 cm³/mol. The highest BCUT2D eigenvalue weighted by Gasteiger charge is 2.06. The van der Waals surface area contributed by atoms with Gasteiger partial charge >= 0.3 is 0 Å². The first kappa shape index (κ1) is 17.2. The third-order valence-electron chi connectivity index (χ3n) is 2.72. The average Bonchev–Trinajstić information content (AvgIpc) is 2.90. The summed E-state index contributed by atoms with van der Waals surface area (Å²) >= 11 is 8.36. The second-order valence-electron chi connectivity index (χ2n) is 4.56. The molecule has 7 heteroatoms. The second kappa shape index (κ2) is 7.89. The lowest BCUT2D eigenvalue weighted by Crippen LogP contribution is -2.25. The van der Waals surface area contributed by atoms with E-state index in [0.717, 1.165) is 24.4 Å². The van der Waals surface area contributed by atoms with E-state index in [9.17, 15) is 4.79 Å². The van der Waals surface area contributed by atoms with Gasteiger partial charge in [0, 0.05) is 0 Å². The predicted octanol–water partition coefficient (Wildman–Crippen LogP) is 4.50. The number of nitrogens with zero attached hydrogens (tertiary/aromatic N) is 1. The molecule has 0 fully saturated rings. The molecular weight excluding hydrogens is 432 g/mol. The largest absolute Gasteiger partial charge is 0.483 e. The Balaban J connectivity index is 1.88. The van der Waals surface area contributed by atoms with Gasteiger partial charge in [-0.2, -0.15) is 5.10 Å². The number of nitrogens with one attached hydrogen (secondary N) is 1. The normalized spacial score (nSPS) is 11.4. The summed E-state index contributed by atoms with van der Waals surface area (Å²) in [6.07, 6.45) is 0. The van der Waals surface area contributed by atoms with Gasteiger partial charge in [0.05, 0.1) is 18.8 Å². The summed E-state index contributed by atoms with van der Waals surface area (Å²) in [5.41, 5.74) is 4.36. The molecule has 0 saturated heterocycles. The summed E-state index contributed by atoms with van der Waals surface area (Å²) in [5, 5.41) is 4.07. The van der Waals surface area contributed by atoms with Crippen molar-refractivity contribution in [2.75, 3.05) is 6.61 Å². The number of halogens is 2. The van der Waals surface area contributed by atoms with E-state index in [1.54, 1.807) is 11.3 Å². The standard InChI is InChI=1S/C15H14Br2N2O2S/c1-9-3-4-12(11(16)7-9)21-8-15(20)19-18-10(2)13-5-6-14(17)22-13/h3-7H,8H2,1-2H3,(H,19,20)/b18-10+. The lowest BCUT2D eigenvalue weighted by Gasteiger charge is -2.08. The van der Waals surface area contributed by atoms with Crippen LogP contribution in [0.15, 0.2) is 43.7 Å². The molecule has 0 aliphatic rings. The molecule has 2 aromatic rings. The summed E-state index contributed by atoms with van der Waals surface area (Å²) in [5.74, 6) is 0.325. The van der Waals surface area contributed by atoms with E-state index in [4.69, 9.17) is 4.74 Å². The Labute approximate surface area is 149 Å². The van der Waals surface area contributed by atoms with E-state index in [1.807, 2.05) is 44.2 Å². The number of hydrazone groups is 1. The fraction of sp³-hybridized carbons (Fsp3) is 0.200. The molecule has 0 bridgehead atoms. The third kappa shape index (κ3) is 4.93. The summed E-state index contributed by atoms with van der Waals surface area (Å²) in [7, 11) is 0. The fourth-order valence-electron chi connectivity index (χ4n) is 1.61. The van der Waals surface area contributed by atoms with Gasteiger partial charge < -0.3 is 4.74 Å². The molecule has 0 radical (unpaired) electrons. The number of rotatable bonds is 5. The Bertz CT molecular complexity index is 713. The van der Waals surface area contributed by atoms with Crippen LogP contribution in [0.4, 0.5) is 0 Å². The number of hydrogen-bond acceptors (Lipinski definition) is 4. The summed E-state index contributed by atoms with van der Waals surface area (Å²) in [6.45, 7) is 3.74. The molecule has 1 N–H and O–H groups in total. The minimum atomic E-state index is -0.303. The van der Waals surface area contributed by atoms with Gasteiger partial charge in [-0.25, -0.2) is 5.43 Å². The number of ether oxygens (including phenoxy) is 1. The quantitative estimate of drug-likeness (QED) is 0.544. The van der Waals surface area contributed by atoms with Crippen LogP contribution in [0.25, 0.3) is 0 Å². The smallest absolute Gasteiger partial charge is 0.277 e. The maximum absolute atomic E-state index is 11.8. The molecule has 1 heterocycles. The van der Waals surface area contributed by atoms with Gasteiger partial charge in [-0.3, -0.25) is 4.79 Å². The molecule has 1 aromatic heterocycles.